The van der Waals surface area contributed by atoms with Crippen LogP contribution in [0.4, 0.5) is 5.82 Å². The van der Waals surface area contributed by atoms with E-state index in [1.807, 2.05) is 12.1 Å². The molecule has 0 radical (unpaired) electrons. The van der Waals surface area contributed by atoms with Crippen LogP contribution in [-0.2, 0) is 4.74 Å². The number of carboxylic acids is 1. The number of hydrogen-bond acceptors (Lipinski definition) is 5. The highest BCUT2D eigenvalue weighted by Gasteiger charge is 2.37. The number of nitrogens with zero attached hydrogens (tertiary/aromatic N) is 2. The minimum Gasteiger partial charge on any atom is -0.480 e. The lowest BCUT2D eigenvalue weighted by Gasteiger charge is -2.20. The van der Waals surface area contributed by atoms with Crippen LogP contribution in [0.1, 0.15) is 10.4 Å². The minimum atomic E-state index is -0.992. The molecule has 0 spiro atoms. The van der Waals surface area contributed by atoms with Crippen molar-refractivity contribution in [2.24, 2.45) is 11.8 Å². The van der Waals surface area contributed by atoms with Crippen molar-refractivity contribution in [1.82, 2.24) is 9.97 Å². The highest BCUT2D eigenvalue weighted by Crippen LogP contribution is 2.39. The maximum absolute atomic E-state index is 11.5. The van der Waals surface area contributed by atoms with Gasteiger partial charge in [0.1, 0.15) is 5.82 Å². The molecule has 4 heterocycles. The molecule has 7 nitrogen and oxygen atoms in total. The number of H-pyrrole nitrogens is 1. The van der Waals surface area contributed by atoms with Gasteiger partial charge in [-0.25, -0.2) is 4.79 Å². The van der Waals surface area contributed by atoms with Gasteiger partial charge in [-0.1, -0.05) is 11.6 Å². The number of nitrogens with one attached hydrogen (secondary N) is 1. The Kier molecular flexibility index (Phi) is 4.37. The van der Waals surface area contributed by atoms with Gasteiger partial charge in [0.05, 0.1) is 30.9 Å². The zero-order chi connectivity index (χ0) is 20.1. The fourth-order valence-electron chi connectivity index (χ4n) is 4.37. The fourth-order valence-corrected chi connectivity index (χ4v) is 4.63. The summed E-state index contributed by atoms with van der Waals surface area (Å²) < 4.78 is 11.1. The summed E-state index contributed by atoms with van der Waals surface area (Å²) >= 11 is 6.51. The molecule has 2 N–H and O–H groups in total. The Hall–Kier alpha value is -2.77. The van der Waals surface area contributed by atoms with Crippen molar-refractivity contribution in [3.05, 3.63) is 41.0 Å². The number of hydrogen-bond donors (Lipinski definition) is 2. The first kappa shape index (κ1) is 18.3. The van der Waals surface area contributed by atoms with Gasteiger partial charge in [-0.2, -0.15) is 4.98 Å². The normalized spacial score (nSPS) is 21.0. The number of aromatic carboxylic acids is 1. The summed E-state index contributed by atoms with van der Waals surface area (Å²) in [6, 6.07) is 7.41. The number of fused-ring (bicyclic) bond motifs is 2. The molecule has 5 rings (SSSR count). The number of benzene rings is 1. The van der Waals surface area contributed by atoms with Crippen LogP contribution >= 0.6 is 11.6 Å². The standard InChI is InChI=1S/C21H20ClN3O4/c1-28-20-13(2-3-19(24-20)25-7-11-9-29-10-12(11)8-25)14-4-15-16(21(26)27)6-23-18(15)5-17(14)22/h2-6,11-12,23H,7-10H2,1H3,(H,26,27)/t11-,12-/m0/s1. The minimum absolute atomic E-state index is 0.201. The molecule has 150 valence electrons. The fraction of sp³-hybridized carbons (Fsp3) is 0.333. The number of carboxylic acid groups (broad SMARTS) is 1. The molecule has 29 heavy (non-hydrogen) atoms. The van der Waals surface area contributed by atoms with Gasteiger partial charge in [0.2, 0.25) is 5.88 Å². The summed E-state index contributed by atoms with van der Waals surface area (Å²) in [5, 5.41) is 10.5. The molecular formula is C21H20ClN3O4. The molecular weight excluding hydrogens is 394 g/mol. The lowest BCUT2D eigenvalue weighted by molar-refractivity contribution is 0.0699. The molecule has 2 aliphatic heterocycles. The average molecular weight is 414 g/mol. The number of aromatic nitrogens is 2. The zero-order valence-electron chi connectivity index (χ0n) is 15.8. The van der Waals surface area contributed by atoms with E-state index in [0.717, 1.165) is 37.7 Å². The van der Waals surface area contributed by atoms with Crippen LogP contribution in [-0.4, -0.2) is 54.5 Å². The van der Waals surface area contributed by atoms with Gasteiger partial charge in [-0.05, 0) is 24.3 Å². The Bertz CT molecular complexity index is 1100. The van der Waals surface area contributed by atoms with E-state index in [2.05, 4.69) is 9.88 Å². The molecule has 2 aliphatic rings. The number of ether oxygens (including phenoxy) is 2. The van der Waals surface area contributed by atoms with Crippen LogP contribution < -0.4 is 9.64 Å². The van der Waals surface area contributed by atoms with Gasteiger partial charge in [-0.15, -0.1) is 0 Å². The summed E-state index contributed by atoms with van der Waals surface area (Å²) in [5.41, 5.74) is 2.28. The molecule has 2 saturated heterocycles. The Morgan fingerprint density at radius 2 is 2.03 bits per heavy atom. The quantitative estimate of drug-likeness (QED) is 0.678. The molecule has 2 atom stereocenters. The lowest BCUT2D eigenvalue weighted by atomic mass is 10.0. The van der Waals surface area contributed by atoms with Crippen LogP contribution in [0.2, 0.25) is 5.02 Å². The topological polar surface area (TPSA) is 87.7 Å². The van der Waals surface area contributed by atoms with Crippen LogP contribution in [0.15, 0.2) is 30.5 Å². The smallest absolute Gasteiger partial charge is 0.337 e. The molecule has 0 bridgehead atoms. The van der Waals surface area contributed by atoms with Crippen LogP contribution in [0.3, 0.4) is 0 Å². The van der Waals surface area contributed by atoms with Gasteiger partial charge in [-0.3, -0.25) is 0 Å². The van der Waals surface area contributed by atoms with Gasteiger partial charge in [0, 0.05) is 53.2 Å². The monoisotopic (exact) mass is 413 g/mol. The first-order valence-corrected chi connectivity index (χ1v) is 9.85. The molecule has 2 aromatic heterocycles. The van der Waals surface area contributed by atoms with E-state index in [9.17, 15) is 9.90 Å². The SMILES string of the molecule is COc1nc(N2C[C@H]3COC[C@@H]3C2)ccc1-c1cc2c(C(=O)O)c[nH]c2cc1Cl. The molecule has 0 saturated carbocycles. The van der Waals surface area contributed by atoms with Gasteiger partial charge >= 0.3 is 5.97 Å². The van der Waals surface area contributed by atoms with E-state index in [-0.39, 0.29) is 5.56 Å². The predicted octanol–water partition coefficient (Wildman–Crippen LogP) is 3.67. The molecule has 1 aromatic carbocycles. The van der Waals surface area contributed by atoms with Crippen molar-refractivity contribution in [2.75, 3.05) is 38.3 Å². The van der Waals surface area contributed by atoms with E-state index in [4.69, 9.17) is 26.1 Å². The zero-order valence-corrected chi connectivity index (χ0v) is 16.6. The van der Waals surface area contributed by atoms with Crippen molar-refractivity contribution in [3.8, 4) is 17.0 Å². The third-order valence-electron chi connectivity index (χ3n) is 5.89. The average Bonchev–Trinajstić information content (AvgIpc) is 3.41. The Labute approximate surface area is 172 Å². The van der Waals surface area contributed by atoms with Gasteiger partial charge < -0.3 is 24.5 Å². The number of halogens is 1. The summed E-state index contributed by atoms with van der Waals surface area (Å²) in [6.45, 7) is 3.49. The van der Waals surface area contributed by atoms with Crippen molar-refractivity contribution < 1.29 is 19.4 Å². The van der Waals surface area contributed by atoms with E-state index in [1.54, 1.807) is 19.2 Å². The second-order valence-electron chi connectivity index (χ2n) is 7.57. The third-order valence-corrected chi connectivity index (χ3v) is 6.21. The summed E-state index contributed by atoms with van der Waals surface area (Å²) in [6.07, 6.45) is 1.47. The van der Waals surface area contributed by atoms with E-state index >= 15 is 0 Å². The lowest BCUT2D eigenvalue weighted by Crippen LogP contribution is -2.23. The molecule has 0 amide bonds. The van der Waals surface area contributed by atoms with Crippen LogP contribution in [0.5, 0.6) is 5.88 Å². The molecule has 2 fully saturated rings. The number of pyridine rings is 1. The number of aromatic amines is 1. The predicted molar refractivity (Wildman–Crippen MR) is 110 cm³/mol. The maximum atomic E-state index is 11.5. The first-order chi connectivity index (χ1) is 14.0. The molecule has 8 heteroatoms. The summed E-state index contributed by atoms with van der Waals surface area (Å²) in [4.78, 5) is 21.4. The highest BCUT2D eigenvalue weighted by molar-refractivity contribution is 6.34. The Balaban J connectivity index is 1.55. The summed E-state index contributed by atoms with van der Waals surface area (Å²) in [7, 11) is 1.58. The number of methoxy groups -OCH3 is 1. The number of rotatable bonds is 4. The number of anilines is 1. The second-order valence-corrected chi connectivity index (χ2v) is 7.98. The van der Waals surface area contributed by atoms with Gasteiger partial charge in [0.25, 0.3) is 0 Å². The third kappa shape index (κ3) is 3.01. The van der Waals surface area contributed by atoms with Crippen molar-refractivity contribution in [3.63, 3.8) is 0 Å². The van der Waals surface area contributed by atoms with Crippen molar-refractivity contribution >= 4 is 34.3 Å². The molecule has 0 unspecified atom stereocenters. The maximum Gasteiger partial charge on any atom is 0.337 e. The van der Waals surface area contributed by atoms with Crippen LogP contribution in [0, 0.1) is 11.8 Å². The Morgan fingerprint density at radius 3 is 2.72 bits per heavy atom. The van der Waals surface area contributed by atoms with E-state index < -0.39 is 5.97 Å². The summed E-state index contributed by atoms with van der Waals surface area (Å²) in [5.74, 6) is 1.45. The van der Waals surface area contributed by atoms with Crippen molar-refractivity contribution in [2.45, 2.75) is 0 Å². The Morgan fingerprint density at radius 1 is 1.28 bits per heavy atom. The largest absolute Gasteiger partial charge is 0.480 e. The van der Waals surface area contributed by atoms with E-state index in [0.29, 0.717) is 39.2 Å². The number of carbonyl (C=O) groups is 1. The van der Waals surface area contributed by atoms with Gasteiger partial charge in [0.15, 0.2) is 0 Å². The molecule has 0 aliphatic carbocycles. The van der Waals surface area contributed by atoms with E-state index in [1.165, 1.54) is 6.20 Å². The first-order valence-electron chi connectivity index (χ1n) is 9.47. The highest BCUT2D eigenvalue weighted by atomic mass is 35.5. The molecule has 3 aromatic rings. The van der Waals surface area contributed by atoms with Crippen LogP contribution in [0.25, 0.3) is 22.0 Å². The second kappa shape index (κ2) is 6.93. The van der Waals surface area contributed by atoms with Crippen molar-refractivity contribution in [1.29, 1.82) is 0 Å².